The highest BCUT2D eigenvalue weighted by Crippen LogP contribution is 2.39. The van der Waals surface area contributed by atoms with Gasteiger partial charge in [-0.05, 0) is 38.5 Å². The predicted molar refractivity (Wildman–Crippen MR) is 96.2 cm³/mol. The van der Waals surface area contributed by atoms with Crippen LogP contribution in [0.2, 0.25) is 0 Å². The standard InChI is InChI=1S/C18H20N4OS/c1-11-7-9-12(10-8-11)16-19-14-6-4-3-5-13(14)15-17(23-16)20-18(24-2)22-21-15/h3-7,12,16,19H,8-10H2,1-2H3/t12-,16+/m0/s1. The van der Waals surface area contributed by atoms with Gasteiger partial charge in [0.05, 0.1) is 0 Å². The van der Waals surface area contributed by atoms with E-state index in [9.17, 15) is 0 Å². The number of para-hydroxylation sites is 1. The molecule has 2 aliphatic rings. The van der Waals surface area contributed by atoms with Crippen LogP contribution in [0, 0.1) is 5.92 Å². The van der Waals surface area contributed by atoms with E-state index in [-0.39, 0.29) is 6.23 Å². The summed E-state index contributed by atoms with van der Waals surface area (Å²) in [5, 5.41) is 12.7. The van der Waals surface area contributed by atoms with E-state index in [2.05, 4.69) is 39.6 Å². The number of anilines is 1. The first-order valence-corrected chi connectivity index (χ1v) is 9.44. The summed E-state index contributed by atoms with van der Waals surface area (Å²) in [6.07, 6.45) is 7.42. The molecule has 0 amide bonds. The van der Waals surface area contributed by atoms with Gasteiger partial charge in [0, 0.05) is 17.2 Å². The fourth-order valence-electron chi connectivity index (χ4n) is 3.23. The molecule has 0 unspecified atom stereocenters. The van der Waals surface area contributed by atoms with Crippen molar-refractivity contribution >= 4 is 17.4 Å². The van der Waals surface area contributed by atoms with Crippen molar-refractivity contribution in [2.75, 3.05) is 11.6 Å². The maximum absolute atomic E-state index is 6.29. The quantitative estimate of drug-likeness (QED) is 0.655. The largest absolute Gasteiger partial charge is 0.452 e. The molecule has 0 spiro atoms. The third kappa shape index (κ3) is 2.86. The van der Waals surface area contributed by atoms with E-state index in [1.54, 1.807) is 0 Å². The number of nitrogens with one attached hydrogen (secondary N) is 1. The van der Waals surface area contributed by atoms with E-state index in [1.165, 1.54) is 17.3 Å². The number of aromatic nitrogens is 3. The molecule has 0 fully saturated rings. The predicted octanol–water partition coefficient (Wildman–Crippen LogP) is 4.14. The molecule has 124 valence electrons. The molecular weight excluding hydrogens is 320 g/mol. The second-order valence-electron chi connectivity index (χ2n) is 6.27. The average molecular weight is 340 g/mol. The molecule has 2 heterocycles. The highest BCUT2D eigenvalue weighted by atomic mass is 32.2. The molecule has 0 bridgehead atoms. The number of ether oxygens (including phenoxy) is 1. The van der Waals surface area contributed by atoms with Gasteiger partial charge in [0.1, 0.15) is 0 Å². The van der Waals surface area contributed by atoms with Gasteiger partial charge in [-0.1, -0.05) is 41.6 Å². The molecule has 1 aromatic heterocycles. The second kappa shape index (κ2) is 6.43. The molecule has 1 aliphatic heterocycles. The first-order valence-electron chi connectivity index (χ1n) is 8.21. The normalized spacial score (nSPS) is 22.3. The van der Waals surface area contributed by atoms with E-state index in [1.807, 2.05) is 24.5 Å². The number of thioether (sulfide) groups is 1. The first kappa shape index (κ1) is 15.4. The van der Waals surface area contributed by atoms with Crippen molar-refractivity contribution in [1.82, 2.24) is 15.2 Å². The SMILES string of the molecule is CSc1nnc2c(n1)O[C@H]([C@H]1CC=C(C)CC1)Nc1ccccc1-2. The lowest BCUT2D eigenvalue weighted by Crippen LogP contribution is -2.35. The minimum absolute atomic E-state index is 0.108. The molecule has 24 heavy (non-hydrogen) atoms. The van der Waals surface area contributed by atoms with E-state index >= 15 is 0 Å². The van der Waals surface area contributed by atoms with Crippen molar-refractivity contribution < 1.29 is 4.74 Å². The number of hydrogen-bond donors (Lipinski definition) is 1. The van der Waals surface area contributed by atoms with Crippen molar-refractivity contribution in [3.05, 3.63) is 35.9 Å². The number of benzene rings is 1. The lowest BCUT2D eigenvalue weighted by molar-refractivity contribution is 0.145. The number of nitrogens with zero attached hydrogens (tertiary/aromatic N) is 3. The van der Waals surface area contributed by atoms with Crippen LogP contribution in [0.3, 0.4) is 0 Å². The third-order valence-corrected chi connectivity index (χ3v) is 5.18. The minimum Gasteiger partial charge on any atom is -0.452 e. The van der Waals surface area contributed by atoms with Crippen molar-refractivity contribution in [2.45, 2.75) is 37.6 Å². The molecule has 5 nitrogen and oxygen atoms in total. The van der Waals surface area contributed by atoms with E-state index < -0.39 is 0 Å². The summed E-state index contributed by atoms with van der Waals surface area (Å²) in [6.45, 7) is 2.20. The smallest absolute Gasteiger partial charge is 0.247 e. The number of fused-ring (bicyclic) bond motifs is 3. The summed E-state index contributed by atoms with van der Waals surface area (Å²) in [5.41, 5.74) is 4.20. The van der Waals surface area contributed by atoms with E-state index in [4.69, 9.17) is 4.74 Å². The van der Waals surface area contributed by atoms with Crippen molar-refractivity contribution in [3.63, 3.8) is 0 Å². The summed E-state index contributed by atoms with van der Waals surface area (Å²) in [7, 11) is 0. The fraction of sp³-hybridized carbons (Fsp3) is 0.389. The van der Waals surface area contributed by atoms with Crippen LogP contribution in [0.25, 0.3) is 11.3 Å². The monoisotopic (exact) mass is 340 g/mol. The van der Waals surface area contributed by atoms with Crippen LogP contribution in [-0.2, 0) is 0 Å². The number of allylic oxidation sites excluding steroid dienone is 2. The topological polar surface area (TPSA) is 59.9 Å². The number of rotatable bonds is 2. The van der Waals surface area contributed by atoms with Crippen LogP contribution in [0.4, 0.5) is 5.69 Å². The van der Waals surface area contributed by atoms with Crippen molar-refractivity contribution in [1.29, 1.82) is 0 Å². The molecule has 0 saturated carbocycles. The Morgan fingerprint density at radius 3 is 2.92 bits per heavy atom. The van der Waals surface area contributed by atoms with Crippen LogP contribution in [-0.4, -0.2) is 27.7 Å². The lowest BCUT2D eigenvalue weighted by Gasteiger charge is -2.29. The zero-order valence-corrected chi connectivity index (χ0v) is 14.6. The van der Waals surface area contributed by atoms with Gasteiger partial charge in [0.15, 0.2) is 11.9 Å². The van der Waals surface area contributed by atoms with Gasteiger partial charge in [-0.15, -0.1) is 10.2 Å². The molecule has 1 N–H and O–H groups in total. The Morgan fingerprint density at radius 2 is 2.12 bits per heavy atom. The van der Waals surface area contributed by atoms with E-state index in [0.717, 1.165) is 30.5 Å². The Labute approximate surface area is 145 Å². The van der Waals surface area contributed by atoms with Crippen LogP contribution in [0.1, 0.15) is 26.2 Å². The maximum atomic E-state index is 6.29. The van der Waals surface area contributed by atoms with Crippen LogP contribution >= 0.6 is 11.8 Å². The molecule has 2 atom stereocenters. The van der Waals surface area contributed by atoms with Gasteiger partial charge < -0.3 is 10.1 Å². The van der Waals surface area contributed by atoms with Gasteiger partial charge in [-0.2, -0.15) is 4.98 Å². The second-order valence-corrected chi connectivity index (χ2v) is 7.04. The summed E-state index contributed by atoms with van der Waals surface area (Å²) in [4.78, 5) is 4.56. The Hall–Kier alpha value is -2.08. The van der Waals surface area contributed by atoms with Gasteiger partial charge in [-0.3, -0.25) is 0 Å². The molecule has 0 saturated heterocycles. The zero-order valence-electron chi connectivity index (χ0n) is 13.8. The van der Waals surface area contributed by atoms with Crippen molar-refractivity contribution in [2.24, 2.45) is 5.92 Å². The van der Waals surface area contributed by atoms with Gasteiger partial charge in [0.25, 0.3) is 0 Å². The third-order valence-electron chi connectivity index (χ3n) is 4.64. The summed E-state index contributed by atoms with van der Waals surface area (Å²) in [5.74, 6) is 0.989. The molecule has 4 rings (SSSR count). The molecule has 6 heteroatoms. The van der Waals surface area contributed by atoms with Crippen LogP contribution in [0.5, 0.6) is 5.88 Å². The van der Waals surface area contributed by atoms with Gasteiger partial charge >= 0.3 is 0 Å². The molecule has 1 aliphatic carbocycles. The van der Waals surface area contributed by atoms with Crippen LogP contribution in [0.15, 0.2) is 41.1 Å². The Balaban J connectivity index is 1.76. The van der Waals surface area contributed by atoms with Gasteiger partial charge in [0.2, 0.25) is 11.0 Å². The molecular formula is C18H20N4OS. The molecule has 0 radical (unpaired) electrons. The average Bonchev–Trinajstić information content (AvgIpc) is 2.78. The fourth-order valence-corrected chi connectivity index (χ4v) is 3.53. The van der Waals surface area contributed by atoms with E-state index in [0.29, 0.717) is 22.6 Å². The summed E-state index contributed by atoms with van der Waals surface area (Å²) < 4.78 is 6.29. The van der Waals surface area contributed by atoms with Crippen molar-refractivity contribution in [3.8, 4) is 17.1 Å². The van der Waals surface area contributed by atoms with Gasteiger partial charge in [-0.25, -0.2) is 0 Å². The zero-order chi connectivity index (χ0) is 16.5. The minimum atomic E-state index is -0.108. The highest BCUT2D eigenvalue weighted by molar-refractivity contribution is 7.98. The Bertz CT molecular complexity index is 792. The molecule has 2 aromatic rings. The summed E-state index contributed by atoms with van der Waals surface area (Å²) >= 11 is 1.47. The number of hydrogen-bond acceptors (Lipinski definition) is 6. The molecule has 1 aromatic carbocycles. The Kier molecular flexibility index (Phi) is 4.14. The maximum Gasteiger partial charge on any atom is 0.247 e. The lowest BCUT2D eigenvalue weighted by atomic mass is 9.89. The summed E-state index contributed by atoms with van der Waals surface area (Å²) in [6, 6.07) is 8.12. The Morgan fingerprint density at radius 1 is 1.25 bits per heavy atom. The van der Waals surface area contributed by atoms with Crippen LogP contribution < -0.4 is 10.1 Å². The highest BCUT2D eigenvalue weighted by Gasteiger charge is 2.30. The first-order chi connectivity index (χ1) is 11.7.